The van der Waals surface area contributed by atoms with Gasteiger partial charge in [0, 0.05) is 19.2 Å². The number of hydrogen-bond acceptors (Lipinski definition) is 5. The van der Waals surface area contributed by atoms with E-state index in [1.807, 2.05) is 13.8 Å². The summed E-state index contributed by atoms with van der Waals surface area (Å²) in [6.07, 6.45) is 1.79. The third-order valence-corrected chi connectivity index (χ3v) is 6.77. The molecule has 0 bridgehead atoms. The zero-order valence-corrected chi connectivity index (χ0v) is 14.2. The average molecular weight is 341 g/mol. The molecule has 2 heterocycles. The summed E-state index contributed by atoms with van der Waals surface area (Å²) in [4.78, 5) is 11.7. The van der Waals surface area contributed by atoms with Crippen molar-refractivity contribution in [2.24, 2.45) is 0 Å². The highest BCUT2D eigenvalue weighted by Gasteiger charge is 2.24. The third kappa shape index (κ3) is 3.63. The van der Waals surface area contributed by atoms with Gasteiger partial charge in [0.2, 0.25) is 0 Å². The topological polar surface area (TPSA) is 83.1 Å². The van der Waals surface area contributed by atoms with Gasteiger partial charge in [-0.2, -0.15) is 9.40 Å². The highest BCUT2D eigenvalue weighted by atomic mass is 32.2. The van der Waals surface area contributed by atoms with Gasteiger partial charge in [-0.15, -0.1) is 11.3 Å². The van der Waals surface area contributed by atoms with Crippen molar-refractivity contribution < 1.29 is 8.42 Å². The maximum Gasteiger partial charge on any atom is 0.264 e. The molecular weight excluding hydrogens is 322 g/mol. The van der Waals surface area contributed by atoms with E-state index in [1.54, 1.807) is 18.2 Å². The van der Waals surface area contributed by atoms with Crippen molar-refractivity contribution in [1.82, 2.24) is 14.5 Å². The van der Waals surface area contributed by atoms with Gasteiger partial charge in [-0.3, -0.25) is 4.79 Å². The third-order valence-electron chi connectivity index (χ3n) is 3.22. The minimum Gasteiger partial charge on any atom is -0.268 e. The molecule has 120 valence electrons. The van der Waals surface area contributed by atoms with Crippen LogP contribution in [0.3, 0.4) is 0 Å². The van der Waals surface area contributed by atoms with E-state index < -0.39 is 10.0 Å². The lowest BCUT2D eigenvalue weighted by molar-refractivity contribution is 0.420. The lowest BCUT2D eigenvalue weighted by Gasteiger charge is -2.18. The first kappa shape index (κ1) is 16.9. The molecule has 0 saturated heterocycles. The van der Waals surface area contributed by atoms with Crippen molar-refractivity contribution >= 4 is 21.4 Å². The van der Waals surface area contributed by atoms with E-state index in [1.165, 1.54) is 10.4 Å². The smallest absolute Gasteiger partial charge is 0.264 e. The Bertz CT molecular complexity index is 760. The zero-order chi connectivity index (χ0) is 16.2. The molecule has 0 spiro atoms. The van der Waals surface area contributed by atoms with Crippen LogP contribution in [0.5, 0.6) is 0 Å². The number of unbranched alkanes of at least 4 members (excludes halogenated alkanes) is 1. The van der Waals surface area contributed by atoms with E-state index in [4.69, 9.17) is 0 Å². The van der Waals surface area contributed by atoms with Crippen molar-refractivity contribution in [2.75, 3.05) is 13.1 Å². The van der Waals surface area contributed by atoms with Gasteiger partial charge >= 0.3 is 0 Å². The molecule has 0 radical (unpaired) electrons. The number of H-pyrrole nitrogens is 1. The van der Waals surface area contributed by atoms with E-state index in [0.29, 0.717) is 27.9 Å². The van der Waals surface area contributed by atoms with Crippen LogP contribution in [0.2, 0.25) is 0 Å². The normalized spacial score (nSPS) is 12.0. The Morgan fingerprint density at radius 1 is 1.23 bits per heavy atom. The maximum absolute atomic E-state index is 12.6. The molecule has 0 aliphatic heterocycles. The van der Waals surface area contributed by atoms with Crippen LogP contribution in [0.1, 0.15) is 26.7 Å². The Kier molecular flexibility index (Phi) is 5.49. The molecule has 22 heavy (non-hydrogen) atoms. The number of rotatable bonds is 7. The van der Waals surface area contributed by atoms with Crippen LogP contribution in [0, 0.1) is 0 Å². The quantitative estimate of drug-likeness (QED) is 0.837. The van der Waals surface area contributed by atoms with Crippen molar-refractivity contribution in [3.63, 3.8) is 0 Å². The maximum atomic E-state index is 12.6. The Hall–Kier alpha value is -1.51. The van der Waals surface area contributed by atoms with Gasteiger partial charge in [0.1, 0.15) is 9.90 Å². The molecule has 0 amide bonds. The van der Waals surface area contributed by atoms with Crippen LogP contribution in [0.4, 0.5) is 0 Å². The van der Waals surface area contributed by atoms with E-state index >= 15 is 0 Å². The fourth-order valence-corrected chi connectivity index (χ4v) is 4.91. The predicted octanol–water partition coefficient (Wildman–Crippen LogP) is 2.31. The van der Waals surface area contributed by atoms with E-state index in [2.05, 4.69) is 10.2 Å². The molecule has 6 nitrogen and oxygen atoms in total. The largest absolute Gasteiger partial charge is 0.268 e. The number of thiophene rings is 1. The predicted molar refractivity (Wildman–Crippen MR) is 87.5 cm³/mol. The summed E-state index contributed by atoms with van der Waals surface area (Å²) in [6, 6.07) is 6.26. The van der Waals surface area contributed by atoms with Gasteiger partial charge in [0.15, 0.2) is 0 Å². The lowest BCUT2D eigenvalue weighted by Crippen LogP contribution is -2.31. The highest BCUT2D eigenvalue weighted by molar-refractivity contribution is 7.91. The number of aromatic amines is 1. The molecular formula is C14H19N3O3S2. The standard InChI is InChI=1S/C14H19N3O3S2/c1-3-5-10-17(4-2)22(19,20)14-9-7-12(21-14)11-6-8-13(18)16-15-11/h6-9H,3-5,10H2,1-2H3,(H,16,18). The van der Waals surface area contributed by atoms with Gasteiger partial charge in [-0.05, 0) is 24.6 Å². The Labute approximate surface area is 133 Å². The van der Waals surface area contributed by atoms with Gasteiger partial charge in [-0.1, -0.05) is 20.3 Å². The van der Waals surface area contributed by atoms with E-state index in [9.17, 15) is 13.2 Å². The average Bonchev–Trinajstić information content (AvgIpc) is 2.99. The minimum absolute atomic E-state index is 0.287. The summed E-state index contributed by atoms with van der Waals surface area (Å²) in [6.45, 7) is 4.85. The summed E-state index contributed by atoms with van der Waals surface area (Å²) in [5.41, 5.74) is 0.271. The molecule has 0 atom stereocenters. The molecule has 0 aromatic carbocycles. The first-order valence-corrected chi connectivity index (χ1v) is 9.40. The second kappa shape index (κ2) is 7.17. The fraction of sp³-hybridized carbons (Fsp3) is 0.429. The summed E-state index contributed by atoms with van der Waals surface area (Å²) < 4.78 is 27.0. The SMILES string of the molecule is CCCCN(CC)S(=O)(=O)c1ccc(-c2ccc(=O)[nH]n2)s1. The van der Waals surface area contributed by atoms with Crippen LogP contribution in [0.15, 0.2) is 33.3 Å². The number of nitrogens with zero attached hydrogens (tertiary/aromatic N) is 2. The molecule has 0 aliphatic carbocycles. The van der Waals surface area contributed by atoms with Crippen molar-refractivity contribution in [3.8, 4) is 10.6 Å². The van der Waals surface area contributed by atoms with Crippen LogP contribution >= 0.6 is 11.3 Å². The second-order valence-corrected chi connectivity index (χ2v) is 8.02. The number of aromatic nitrogens is 2. The Balaban J connectivity index is 2.29. The molecule has 0 aliphatic rings. The van der Waals surface area contributed by atoms with Gasteiger partial charge in [-0.25, -0.2) is 13.5 Å². The van der Waals surface area contributed by atoms with Crippen LogP contribution in [-0.4, -0.2) is 36.0 Å². The van der Waals surface area contributed by atoms with Gasteiger partial charge in [0.25, 0.3) is 15.6 Å². The number of hydrogen-bond donors (Lipinski definition) is 1. The Morgan fingerprint density at radius 2 is 2.00 bits per heavy atom. The molecule has 0 unspecified atom stereocenters. The Morgan fingerprint density at radius 3 is 2.59 bits per heavy atom. The molecule has 0 fully saturated rings. The van der Waals surface area contributed by atoms with Crippen molar-refractivity contribution in [1.29, 1.82) is 0 Å². The molecule has 2 aromatic rings. The van der Waals surface area contributed by atoms with Crippen LogP contribution < -0.4 is 5.56 Å². The molecule has 2 rings (SSSR count). The summed E-state index contributed by atoms with van der Waals surface area (Å²) in [5, 5.41) is 6.27. The first-order chi connectivity index (χ1) is 10.5. The molecule has 1 N–H and O–H groups in total. The van der Waals surface area contributed by atoms with Crippen LogP contribution in [-0.2, 0) is 10.0 Å². The molecule has 8 heteroatoms. The van der Waals surface area contributed by atoms with E-state index in [0.717, 1.165) is 24.2 Å². The van der Waals surface area contributed by atoms with Crippen molar-refractivity contribution in [2.45, 2.75) is 30.9 Å². The summed E-state index contributed by atoms with van der Waals surface area (Å²) >= 11 is 1.16. The lowest BCUT2D eigenvalue weighted by atomic mass is 10.3. The second-order valence-electron chi connectivity index (χ2n) is 4.78. The minimum atomic E-state index is -3.47. The number of sulfonamides is 1. The van der Waals surface area contributed by atoms with Gasteiger partial charge < -0.3 is 0 Å². The van der Waals surface area contributed by atoms with E-state index in [-0.39, 0.29) is 5.56 Å². The van der Waals surface area contributed by atoms with Crippen LogP contribution in [0.25, 0.3) is 10.6 Å². The fourth-order valence-electron chi connectivity index (χ4n) is 1.99. The highest BCUT2D eigenvalue weighted by Crippen LogP contribution is 2.30. The molecule has 2 aromatic heterocycles. The van der Waals surface area contributed by atoms with Gasteiger partial charge in [0.05, 0.1) is 4.88 Å². The first-order valence-electron chi connectivity index (χ1n) is 7.15. The molecule has 0 saturated carbocycles. The monoisotopic (exact) mass is 341 g/mol. The summed E-state index contributed by atoms with van der Waals surface area (Å²) in [5.74, 6) is 0. The van der Waals surface area contributed by atoms with Crippen molar-refractivity contribution in [3.05, 3.63) is 34.6 Å². The number of nitrogens with one attached hydrogen (secondary N) is 1. The zero-order valence-electron chi connectivity index (χ0n) is 12.6. The summed E-state index contributed by atoms with van der Waals surface area (Å²) in [7, 11) is -3.47.